The third-order valence-electron chi connectivity index (χ3n) is 3.93. The summed E-state index contributed by atoms with van der Waals surface area (Å²) in [6.07, 6.45) is 0. The normalized spacial score (nSPS) is 11.1. The molecule has 2 aromatic heterocycles. The second-order valence-corrected chi connectivity index (χ2v) is 8.11. The molecule has 0 fully saturated rings. The SMILES string of the molecule is Cc1onc(-c2c(Cl)cccc2Cl)c1-c1noc(CSc2ccc(Cl)cc2)n1. The summed E-state index contributed by atoms with van der Waals surface area (Å²) in [6.45, 7) is 1.77. The van der Waals surface area contributed by atoms with E-state index >= 15 is 0 Å². The summed E-state index contributed by atoms with van der Waals surface area (Å²) in [5.41, 5.74) is 1.65. The Kier molecular flexibility index (Phi) is 5.64. The molecule has 2 heterocycles. The van der Waals surface area contributed by atoms with E-state index in [1.54, 1.807) is 36.9 Å². The summed E-state index contributed by atoms with van der Waals surface area (Å²) in [6, 6.07) is 12.8. The van der Waals surface area contributed by atoms with Crippen LogP contribution in [0, 0.1) is 6.92 Å². The van der Waals surface area contributed by atoms with E-state index in [1.165, 1.54) is 0 Å². The number of thioether (sulfide) groups is 1. The molecule has 28 heavy (non-hydrogen) atoms. The minimum absolute atomic E-state index is 0.372. The lowest BCUT2D eigenvalue weighted by Gasteiger charge is -2.04. The highest BCUT2D eigenvalue weighted by Crippen LogP contribution is 2.40. The van der Waals surface area contributed by atoms with Crippen LogP contribution in [0.1, 0.15) is 11.7 Å². The molecule has 0 aliphatic carbocycles. The van der Waals surface area contributed by atoms with Crippen molar-refractivity contribution in [1.82, 2.24) is 15.3 Å². The first-order valence-electron chi connectivity index (χ1n) is 8.15. The summed E-state index contributed by atoms with van der Waals surface area (Å²) in [4.78, 5) is 5.53. The van der Waals surface area contributed by atoms with Crippen molar-refractivity contribution in [1.29, 1.82) is 0 Å². The van der Waals surface area contributed by atoms with Crippen molar-refractivity contribution in [3.63, 3.8) is 0 Å². The van der Waals surface area contributed by atoms with Gasteiger partial charge >= 0.3 is 0 Å². The Balaban J connectivity index is 1.62. The molecule has 0 bridgehead atoms. The number of halogens is 3. The average Bonchev–Trinajstić information content (AvgIpc) is 3.28. The van der Waals surface area contributed by atoms with Crippen molar-refractivity contribution >= 4 is 46.6 Å². The van der Waals surface area contributed by atoms with Crippen LogP contribution in [0.25, 0.3) is 22.6 Å². The average molecular weight is 453 g/mol. The van der Waals surface area contributed by atoms with E-state index in [9.17, 15) is 0 Å². The molecule has 0 amide bonds. The maximum absolute atomic E-state index is 6.32. The summed E-state index contributed by atoms with van der Waals surface area (Å²) >= 11 is 20.1. The van der Waals surface area contributed by atoms with Gasteiger partial charge in [0.15, 0.2) is 0 Å². The van der Waals surface area contributed by atoms with Crippen LogP contribution >= 0.6 is 46.6 Å². The molecule has 4 aromatic rings. The molecular weight excluding hydrogens is 441 g/mol. The standard InChI is InChI=1S/C19H12Cl3N3O2S/c1-10-16(18(24-26-10)17-13(21)3-2-4-14(17)22)19-23-15(27-25-19)9-28-12-7-5-11(20)6-8-12/h2-8H,9H2,1H3. The van der Waals surface area contributed by atoms with Crippen LogP contribution in [0.2, 0.25) is 15.1 Å². The van der Waals surface area contributed by atoms with Crippen LogP contribution in [0.3, 0.4) is 0 Å². The fourth-order valence-electron chi connectivity index (χ4n) is 2.62. The van der Waals surface area contributed by atoms with Crippen LogP contribution in [-0.4, -0.2) is 15.3 Å². The van der Waals surface area contributed by atoms with Gasteiger partial charge in [-0.2, -0.15) is 4.98 Å². The first kappa shape index (κ1) is 19.3. The fraction of sp³-hybridized carbons (Fsp3) is 0.105. The van der Waals surface area contributed by atoms with Crippen molar-refractivity contribution in [2.75, 3.05) is 0 Å². The molecule has 0 unspecified atom stereocenters. The molecule has 0 spiro atoms. The van der Waals surface area contributed by atoms with Gasteiger partial charge in [-0.1, -0.05) is 51.2 Å². The van der Waals surface area contributed by atoms with E-state index in [1.807, 2.05) is 24.3 Å². The summed E-state index contributed by atoms with van der Waals surface area (Å²) in [7, 11) is 0. The van der Waals surface area contributed by atoms with Gasteiger partial charge in [0.2, 0.25) is 11.7 Å². The van der Waals surface area contributed by atoms with Gasteiger partial charge in [0.1, 0.15) is 11.5 Å². The summed E-state index contributed by atoms with van der Waals surface area (Å²) in [5, 5.41) is 9.81. The lowest BCUT2D eigenvalue weighted by molar-refractivity contribution is 0.390. The van der Waals surface area contributed by atoms with E-state index in [0.717, 1.165) is 4.90 Å². The third kappa shape index (κ3) is 3.91. The molecule has 4 rings (SSSR count). The minimum Gasteiger partial charge on any atom is -0.360 e. The maximum atomic E-state index is 6.32. The minimum atomic E-state index is 0.372. The highest BCUT2D eigenvalue weighted by molar-refractivity contribution is 7.98. The predicted molar refractivity (Wildman–Crippen MR) is 111 cm³/mol. The van der Waals surface area contributed by atoms with Crippen LogP contribution in [0.4, 0.5) is 0 Å². The number of aromatic nitrogens is 3. The second-order valence-electron chi connectivity index (χ2n) is 5.81. The zero-order valence-corrected chi connectivity index (χ0v) is 17.5. The quantitative estimate of drug-likeness (QED) is 0.305. The molecule has 0 saturated heterocycles. The Bertz CT molecular complexity index is 1110. The Labute approximate surface area is 180 Å². The molecular formula is C19H12Cl3N3O2S. The van der Waals surface area contributed by atoms with Gasteiger partial charge in [0, 0.05) is 15.5 Å². The molecule has 5 nitrogen and oxygen atoms in total. The van der Waals surface area contributed by atoms with Crippen molar-refractivity contribution in [3.05, 3.63) is 69.2 Å². The van der Waals surface area contributed by atoms with E-state index in [-0.39, 0.29) is 0 Å². The van der Waals surface area contributed by atoms with Crippen molar-refractivity contribution < 1.29 is 9.05 Å². The lowest BCUT2D eigenvalue weighted by Crippen LogP contribution is -1.89. The predicted octanol–water partition coefficient (Wildman–Crippen LogP) is 6.95. The highest BCUT2D eigenvalue weighted by Gasteiger charge is 2.24. The number of rotatable bonds is 5. The Morgan fingerprint density at radius 2 is 1.61 bits per heavy atom. The fourth-order valence-corrected chi connectivity index (χ4v) is 4.06. The van der Waals surface area contributed by atoms with E-state index < -0.39 is 0 Å². The highest BCUT2D eigenvalue weighted by atomic mass is 35.5. The summed E-state index contributed by atoms with van der Waals surface area (Å²) in [5.74, 6) is 1.91. The molecule has 0 saturated carbocycles. The van der Waals surface area contributed by atoms with Gasteiger partial charge in [-0.3, -0.25) is 0 Å². The number of hydrogen-bond acceptors (Lipinski definition) is 6. The smallest absolute Gasteiger partial charge is 0.237 e. The van der Waals surface area contributed by atoms with Gasteiger partial charge < -0.3 is 9.05 Å². The third-order valence-corrected chi connectivity index (χ3v) is 5.81. The lowest BCUT2D eigenvalue weighted by atomic mass is 10.1. The van der Waals surface area contributed by atoms with Gasteiger partial charge in [0.05, 0.1) is 21.4 Å². The number of aryl methyl sites for hydroxylation is 1. The molecule has 0 N–H and O–H groups in total. The summed E-state index contributed by atoms with van der Waals surface area (Å²) < 4.78 is 10.8. The first-order valence-corrected chi connectivity index (χ1v) is 10.3. The zero-order valence-electron chi connectivity index (χ0n) is 14.4. The number of nitrogens with zero attached hydrogens (tertiary/aromatic N) is 3. The molecule has 0 aliphatic heterocycles. The first-order chi connectivity index (χ1) is 13.5. The van der Waals surface area contributed by atoms with E-state index in [2.05, 4.69) is 15.3 Å². The molecule has 9 heteroatoms. The topological polar surface area (TPSA) is 65.0 Å². The Morgan fingerprint density at radius 3 is 2.32 bits per heavy atom. The molecule has 142 valence electrons. The monoisotopic (exact) mass is 451 g/mol. The number of hydrogen-bond donors (Lipinski definition) is 0. The van der Waals surface area contributed by atoms with Crippen molar-refractivity contribution in [2.24, 2.45) is 0 Å². The van der Waals surface area contributed by atoms with Crippen LogP contribution < -0.4 is 0 Å². The van der Waals surface area contributed by atoms with Crippen LogP contribution in [-0.2, 0) is 5.75 Å². The van der Waals surface area contributed by atoms with Gasteiger partial charge in [0.25, 0.3) is 0 Å². The molecule has 0 radical (unpaired) electrons. The Morgan fingerprint density at radius 1 is 0.893 bits per heavy atom. The van der Waals surface area contributed by atoms with Crippen LogP contribution in [0.15, 0.2) is 56.4 Å². The van der Waals surface area contributed by atoms with Gasteiger partial charge in [-0.05, 0) is 43.3 Å². The number of benzene rings is 2. The molecule has 0 atom stereocenters. The van der Waals surface area contributed by atoms with Crippen LogP contribution in [0.5, 0.6) is 0 Å². The van der Waals surface area contributed by atoms with Crippen molar-refractivity contribution in [3.8, 4) is 22.6 Å². The van der Waals surface area contributed by atoms with Crippen molar-refractivity contribution in [2.45, 2.75) is 17.6 Å². The zero-order chi connectivity index (χ0) is 19.7. The van der Waals surface area contributed by atoms with Gasteiger partial charge in [-0.15, -0.1) is 11.8 Å². The second kappa shape index (κ2) is 8.17. The Hall–Kier alpha value is -1.99. The molecule has 2 aromatic carbocycles. The van der Waals surface area contributed by atoms with Gasteiger partial charge in [-0.25, -0.2) is 0 Å². The maximum Gasteiger partial charge on any atom is 0.237 e. The molecule has 0 aliphatic rings. The van der Waals surface area contributed by atoms with E-state index in [0.29, 0.717) is 55.1 Å². The largest absolute Gasteiger partial charge is 0.360 e. The van der Waals surface area contributed by atoms with E-state index in [4.69, 9.17) is 43.8 Å².